The maximum absolute atomic E-state index is 12.4. The smallest absolute Gasteiger partial charge is 0.223 e. The number of hydrogen-bond acceptors (Lipinski definition) is 4. The molecule has 1 spiro atoms. The van der Waals surface area contributed by atoms with Crippen molar-refractivity contribution in [2.24, 2.45) is 11.3 Å². The number of piperidine rings is 1. The van der Waals surface area contributed by atoms with E-state index in [0.717, 1.165) is 43.5 Å². The van der Waals surface area contributed by atoms with Gasteiger partial charge < -0.3 is 10.6 Å². The summed E-state index contributed by atoms with van der Waals surface area (Å²) in [6.45, 7) is 6.12. The molecule has 0 radical (unpaired) electrons. The van der Waals surface area contributed by atoms with Crippen LogP contribution in [0.1, 0.15) is 44.2 Å². The van der Waals surface area contributed by atoms with Gasteiger partial charge in [0.15, 0.2) is 0 Å². The molecule has 1 aromatic carbocycles. The lowest BCUT2D eigenvalue weighted by molar-refractivity contribution is -0.123. The van der Waals surface area contributed by atoms with Crippen LogP contribution in [0.3, 0.4) is 0 Å². The minimum atomic E-state index is -3.32. The Morgan fingerprint density at radius 1 is 1.19 bits per heavy atom. The Morgan fingerprint density at radius 3 is 2.42 bits per heavy atom. The third-order valence-electron chi connectivity index (χ3n) is 5.37. The van der Waals surface area contributed by atoms with Gasteiger partial charge in [-0.05, 0) is 62.7 Å². The number of sulfonamides is 1. The quantitative estimate of drug-likeness (QED) is 0.670. The molecule has 3 rings (SSSR count). The first-order valence-corrected chi connectivity index (χ1v) is 11.0. The molecule has 1 unspecified atom stereocenters. The van der Waals surface area contributed by atoms with E-state index >= 15 is 0 Å². The molecule has 2 aliphatic rings. The third-order valence-corrected chi connectivity index (χ3v) is 6.91. The van der Waals surface area contributed by atoms with E-state index in [1.807, 2.05) is 24.3 Å². The molecule has 7 heteroatoms. The van der Waals surface area contributed by atoms with Crippen molar-refractivity contribution in [3.63, 3.8) is 0 Å². The van der Waals surface area contributed by atoms with Gasteiger partial charge in [-0.2, -0.15) is 0 Å². The molecular formula is C19H29N3O3S. The standard InChI is InChI=1S/C19H29N3O3S/c1-14(2)22-26(24,25)13-16-5-3-15(4-6-16)12-21-18(23)17-11-19(17)7-9-20-10-8-19/h3-6,14,17,20,22H,7-13H2,1-2H3,(H,21,23). The SMILES string of the molecule is CC(C)NS(=O)(=O)Cc1ccc(CNC(=O)C2CC23CCNCC3)cc1. The van der Waals surface area contributed by atoms with E-state index in [2.05, 4.69) is 15.4 Å². The molecule has 1 aliphatic heterocycles. The number of benzene rings is 1. The first kappa shape index (κ1) is 19.3. The van der Waals surface area contributed by atoms with Crippen LogP contribution in [0, 0.1) is 11.3 Å². The maximum atomic E-state index is 12.4. The average molecular weight is 380 g/mol. The van der Waals surface area contributed by atoms with Gasteiger partial charge in [0.05, 0.1) is 5.75 Å². The first-order chi connectivity index (χ1) is 12.3. The zero-order valence-corrected chi connectivity index (χ0v) is 16.4. The highest BCUT2D eigenvalue weighted by atomic mass is 32.2. The summed E-state index contributed by atoms with van der Waals surface area (Å²) >= 11 is 0. The Hall–Kier alpha value is -1.44. The van der Waals surface area contributed by atoms with Crippen LogP contribution in [0.4, 0.5) is 0 Å². The van der Waals surface area contributed by atoms with E-state index in [9.17, 15) is 13.2 Å². The number of carbonyl (C=O) groups excluding carboxylic acids is 1. The van der Waals surface area contributed by atoms with Gasteiger partial charge in [-0.15, -0.1) is 0 Å². The van der Waals surface area contributed by atoms with E-state index in [4.69, 9.17) is 0 Å². The van der Waals surface area contributed by atoms with Crippen molar-refractivity contribution < 1.29 is 13.2 Å². The Bertz CT molecular complexity index is 738. The van der Waals surface area contributed by atoms with Crippen LogP contribution in [-0.4, -0.2) is 33.5 Å². The summed E-state index contributed by atoms with van der Waals surface area (Å²) in [6.07, 6.45) is 3.21. The predicted molar refractivity (Wildman–Crippen MR) is 102 cm³/mol. The number of carbonyl (C=O) groups is 1. The van der Waals surface area contributed by atoms with Gasteiger partial charge in [0.25, 0.3) is 0 Å². The molecule has 0 aromatic heterocycles. The van der Waals surface area contributed by atoms with Crippen LogP contribution in [-0.2, 0) is 27.1 Å². The summed E-state index contributed by atoms with van der Waals surface area (Å²) in [6, 6.07) is 7.28. The molecule has 1 aliphatic carbocycles. The van der Waals surface area contributed by atoms with Crippen LogP contribution in [0.15, 0.2) is 24.3 Å². The lowest BCUT2D eigenvalue weighted by atomic mass is 9.92. The van der Waals surface area contributed by atoms with Crippen molar-refractivity contribution in [2.45, 2.75) is 51.4 Å². The van der Waals surface area contributed by atoms with Crippen LogP contribution < -0.4 is 15.4 Å². The van der Waals surface area contributed by atoms with Crippen LogP contribution in [0.5, 0.6) is 0 Å². The predicted octanol–water partition coefficient (Wildman–Crippen LogP) is 1.52. The second kappa shape index (κ2) is 7.66. The largest absolute Gasteiger partial charge is 0.352 e. The molecule has 1 atom stereocenters. The second-order valence-corrected chi connectivity index (χ2v) is 9.69. The first-order valence-electron chi connectivity index (χ1n) is 9.36. The maximum Gasteiger partial charge on any atom is 0.223 e. The molecule has 144 valence electrons. The highest BCUT2D eigenvalue weighted by molar-refractivity contribution is 7.88. The molecule has 0 bridgehead atoms. The molecule has 1 aromatic rings. The number of nitrogens with one attached hydrogen (secondary N) is 3. The normalized spacial score (nSPS) is 21.7. The number of amides is 1. The highest BCUT2D eigenvalue weighted by Crippen LogP contribution is 2.58. The number of rotatable bonds is 7. The molecule has 1 saturated heterocycles. The molecule has 2 fully saturated rings. The zero-order valence-electron chi connectivity index (χ0n) is 15.5. The molecule has 1 heterocycles. The topological polar surface area (TPSA) is 87.3 Å². The fourth-order valence-corrected chi connectivity index (χ4v) is 5.31. The van der Waals surface area contributed by atoms with Gasteiger partial charge in [-0.3, -0.25) is 4.79 Å². The van der Waals surface area contributed by atoms with Gasteiger partial charge in [0.2, 0.25) is 15.9 Å². The Morgan fingerprint density at radius 2 is 1.81 bits per heavy atom. The summed E-state index contributed by atoms with van der Waals surface area (Å²) in [4.78, 5) is 12.4. The zero-order chi connectivity index (χ0) is 18.8. The fourth-order valence-electron chi connectivity index (χ4n) is 3.88. The van der Waals surface area contributed by atoms with Gasteiger partial charge in [-0.25, -0.2) is 13.1 Å². The molecule has 26 heavy (non-hydrogen) atoms. The van der Waals surface area contributed by atoms with Crippen molar-refractivity contribution in [2.75, 3.05) is 13.1 Å². The molecular weight excluding hydrogens is 350 g/mol. The molecule has 3 N–H and O–H groups in total. The Labute approximate surface area is 156 Å². The minimum Gasteiger partial charge on any atom is -0.352 e. The summed E-state index contributed by atoms with van der Waals surface area (Å²) in [5.74, 6) is 0.284. The van der Waals surface area contributed by atoms with Crippen molar-refractivity contribution in [1.29, 1.82) is 0 Å². The van der Waals surface area contributed by atoms with E-state index in [0.29, 0.717) is 6.54 Å². The summed E-state index contributed by atoms with van der Waals surface area (Å²) in [5.41, 5.74) is 1.97. The summed E-state index contributed by atoms with van der Waals surface area (Å²) in [5, 5.41) is 6.39. The van der Waals surface area contributed by atoms with Gasteiger partial charge in [0, 0.05) is 18.5 Å². The van der Waals surface area contributed by atoms with Gasteiger partial charge in [-0.1, -0.05) is 24.3 Å². The molecule has 1 saturated carbocycles. The van der Waals surface area contributed by atoms with E-state index in [1.54, 1.807) is 13.8 Å². The monoisotopic (exact) mass is 379 g/mol. The molecule has 6 nitrogen and oxygen atoms in total. The lowest BCUT2D eigenvalue weighted by Crippen LogP contribution is -2.33. The third kappa shape index (κ3) is 4.84. The van der Waals surface area contributed by atoms with Crippen molar-refractivity contribution >= 4 is 15.9 Å². The van der Waals surface area contributed by atoms with Crippen molar-refractivity contribution in [3.8, 4) is 0 Å². The van der Waals surface area contributed by atoms with Gasteiger partial charge in [0.1, 0.15) is 0 Å². The van der Waals surface area contributed by atoms with E-state index in [-0.39, 0.29) is 29.0 Å². The van der Waals surface area contributed by atoms with Crippen LogP contribution >= 0.6 is 0 Å². The van der Waals surface area contributed by atoms with Crippen LogP contribution in [0.2, 0.25) is 0 Å². The summed E-state index contributed by atoms with van der Waals surface area (Å²) < 4.78 is 26.5. The fraction of sp³-hybridized carbons (Fsp3) is 0.632. The van der Waals surface area contributed by atoms with Gasteiger partial charge >= 0.3 is 0 Å². The van der Waals surface area contributed by atoms with E-state index < -0.39 is 10.0 Å². The van der Waals surface area contributed by atoms with Crippen LogP contribution in [0.25, 0.3) is 0 Å². The average Bonchev–Trinajstić information content (AvgIpc) is 3.26. The highest BCUT2D eigenvalue weighted by Gasteiger charge is 2.57. The van der Waals surface area contributed by atoms with Crippen molar-refractivity contribution in [3.05, 3.63) is 35.4 Å². The summed E-state index contributed by atoms with van der Waals surface area (Å²) in [7, 11) is -3.32. The van der Waals surface area contributed by atoms with E-state index in [1.165, 1.54) is 0 Å². The lowest BCUT2D eigenvalue weighted by Gasteiger charge is -2.23. The van der Waals surface area contributed by atoms with Crippen molar-refractivity contribution in [1.82, 2.24) is 15.4 Å². The Kier molecular flexibility index (Phi) is 5.69. The molecule has 1 amide bonds. The Balaban J connectivity index is 1.48. The number of hydrogen-bond donors (Lipinski definition) is 3. The second-order valence-electron chi connectivity index (χ2n) is 7.94. The minimum absolute atomic E-state index is 0.0313.